The van der Waals surface area contributed by atoms with Gasteiger partial charge in [-0.05, 0) is 37.1 Å². The minimum atomic E-state index is -3.80. The molecule has 0 aliphatic rings. The van der Waals surface area contributed by atoms with E-state index in [2.05, 4.69) is 4.72 Å². The number of hydrogen-bond acceptors (Lipinski definition) is 4. The van der Waals surface area contributed by atoms with Gasteiger partial charge in [0.1, 0.15) is 5.82 Å². The van der Waals surface area contributed by atoms with E-state index in [1.54, 1.807) is 0 Å². The summed E-state index contributed by atoms with van der Waals surface area (Å²) in [6.45, 7) is 3.88. The van der Waals surface area contributed by atoms with E-state index in [4.69, 9.17) is 0 Å². The van der Waals surface area contributed by atoms with Crippen LogP contribution in [0.1, 0.15) is 31.7 Å². The lowest BCUT2D eigenvalue weighted by atomic mass is 10.2. The van der Waals surface area contributed by atoms with Gasteiger partial charge >= 0.3 is 0 Å². The molecular formula is C15H25FN2O4S2. The van der Waals surface area contributed by atoms with Crippen molar-refractivity contribution in [2.75, 3.05) is 25.9 Å². The molecule has 0 atom stereocenters. The molecule has 0 heterocycles. The van der Waals surface area contributed by atoms with Crippen LogP contribution in [0, 0.1) is 12.7 Å². The molecule has 9 heteroatoms. The van der Waals surface area contributed by atoms with Crippen LogP contribution in [-0.2, 0) is 20.0 Å². The maximum Gasteiger partial charge on any atom is 0.240 e. The number of unbranched alkanes of at least 4 members (excludes halogenated alkanes) is 2. The van der Waals surface area contributed by atoms with Crippen LogP contribution in [0.5, 0.6) is 0 Å². The van der Waals surface area contributed by atoms with E-state index < -0.39 is 25.9 Å². The normalized spacial score (nSPS) is 12.7. The number of nitrogens with zero attached hydrogens (tertiary/aromatic N) is 1. The number of hydrogen-bond donors (Lipinski definition) is 1. The molecule has 24 heavy (non-hydrogen) atoms. The van der Waals surface area contributed by atoms with Crippen LogP contribution in [0.25, 0.3) is 0 Å². The Labute approximate surface area is 144 Å². The molecule has 1 N–H and O–H groups in total. The molecule has 0 bridgehead atoms. The van der Waals surface area contributed by atoms with Gasteiger partial charge in [-0.15, -0.1) is 0 Å². The lowest BCUT2D eigenvalue weighted by Crippen LogP contribution is -2.38. The summed E-state index contributed by atoms with van der Waals surface area (Å²) in [6.07, 6.45) is 3.71. The Bertz CT molecular complexity index is 749. The average molecular weight is 381 g/mol. The van der Waals surface area contributed by atoms with Crippen molar-refractivity contribution >= 4 is 20.0 Å². The molecule has 0 unspecified atom stereocenters. The monoisotopic (exact) mass is 380 g/mol. The number of aryl methyl sites for hydroxylation is 1. The van der Waals surface area contributed by atoms with Crippen LogP contribution in [0.15, 0.2) is 23.1 Å². The largest absolute Gasteiger partial charge is 0.240 e. The van der Waals surface area contributed by atoms with Crippen LogP contribution in [0.4, 0.5) is 4.39 Å². The third-order valence-electron chi connectivity index (χ3n) is 3.57. The summed E-state index contributed by atoms with van der Waals surface area (Å²) in [5.74, 6) is -0.479. The summed E-state index contributed by atoms with van der Waals surface area (Å²) >= 11 is 0. The quantitative estimate of drug-likeness (QED) is 0.628. The number of benzene rings is 1. The lowest BCUT2D eigenvalue weighted by Gasteiger charge is -2.20. The van der Waals surface area contributed by atoms with Gasteiger partial charge < -0.3 is 0 Å². The second-order valence-electron chi connectivity index (χ2n) is 5.68. The number of nitrogens with one attached hydrogen (secondary N) is 1. The molecule has 0 aliphatic heterocycles. The molecule has 1 aromatic rings. The van der Waals surface area contributed by atoms with Crippen LogP contribution < -0.4 is 4.72 Å². The van der Waals surface area contributed by atoms with Gasteiger partial charge in [-0.2, -0.15) is 0 Å². The summed E-state index contributed by atoms with van der Waals surface area (Å²) in [5, 5.41) is 0. The Balaban J connectivity index is 2.70. The van der Waals surface area contributed by atoms with E-state index in [9.17, 15) is 21.2 Å². The first-order chi connectivity index (χ1) is 11.1. The van der Waals surface area contributed by atoms with Gasteiger partial charge in [-0.1, -0.05) is 19.8 Å². The zero-order valence-electron chi connectivity index (χ0n) is 14.2. The van der Waals surface area contributed by atoms with Gasteiger partial charge in [-0.3, -0.25) is 0 Å². The molecule has 1 rings (SSSR count). The maximum absolute atomic E-state index is 13.2. The van der Waals surface area contributed by atoms with Crippen molar-refractivity contribution in [3.8, 4) is 0 Å². The van der Waals surface area contributed by atoms with E-state index in [1.807, 2.05) is 6.92 Å². The maximum atomic E-state index is 13.2. The van der Waals surface area contributed by atoms with E-state index >= 15 is 0 Å². The van der Waals surface area contributed by atoms with Crippen molar-refractivity contribution < 1.29 is 21.2 Å². The van der Waals surface area contributed by atoms with Gasteiger partial charge in [0.15, 0.2) is 0 Å². The standard InChI is InChI=1S/C15H25FN2O4S2/c1-4-5-6-10-18(23(3,19)20)11-9-17-24(21,22)14-7-8-15(16)13(2)12-14/h7-8,12,17H,4-6,9-11H2,1-3H3. The van der Waals surface area contributed by atoms with E-state index in [0.29, 0.717) is 6.54 Å². The summed E-state index contributed by atoms with van der Waals surface area (Å²) in [4.78, 5) is -0.0433. The Morgan fingerprint density at radius 1 is 1.12 bits per heavy atom. The lowest BCUT2D eigenvalue weighted by molar-refractivity contribution is 0.405. The first-order valence-corrected chi connectivity index (χ1v) is 11.1. The molecule has 1 aromatic carbocycles. The summed E-state index contributed by atoms with van der Waals surface area (Å²) in [7, 11) is -7.20. The van der Waals surface area contributed by atoms with E-state index in [0.717, 1.165) is 31.6 Å². The van der Waals surface area contributed by atoms with Crippen LogP contribution in [-0.4, -0.2) is 47.0 Å². The Kier molecular flexibility index (Phi) is 7.78. The predicted octanol–water partition coefficient (Wildman–Crippen LogP) is 1.86. The highest BCUT2D eigenvalue weighted by molar-refractivity contribution is 7.89. The van der Waals surface area contributed by atoms with Crippen molar-refractivity contribution in [3.05, 3.63) is 29.6 Å². The first kappa shape index (κ1) is 21.0. The van der Waals surface area contributed by atoms with E-state index in [1.165, 1.54) is 23.4 Å². The fourth-order valence-electron chi connectivity index (χ4n) is 2.15. The Morgan fingerprint density at radius 3 is 2.33 bits per heavy atom. The smallest absolute Gasteiger partial charge is 0.213 e. The highest BCUT2D eigenvalue weighted by Crippen LogP contribution is 2.14. The summed E-state index contributed by atoms with van der Waals surface area (Å²) in [6, 6.07) is 3.52. The molecule has 0 saturated heterocycles. The van der Waals surface area contributed by atoms with Gasteiger partial charge in [0.2, 0.25) is 20.0 Å². The molecule has 6 nitrogen and oxygen atoms in total. The molecule has 0 saturated carbocycles. The highest BCUT2D eigenvalue weighted by Gasteiger charge is 2.19. The molecule has 0 radical (unpaired) electrons. The average Bonchev–Trinajstić information content (AvgIpc) is 2.47. The van der Waals surface area contributed by atoms with Crippen LogP contribution in [0.3, 0.4) is 0 Å². The number of rotatable bonds is 10. The van der Waals surface area contributed by atoms with Crippen molar-refractivity contribution in [2.24, 2.45) is 0 Å². The topological polar surface area (TPSA) is 83.6 Å². The van der Waals surface area contributed by atoms with Crippen molar-refractivity contribution in [2.45, 2.75) is 38.0 Å². The second kappa shape index (κ2) is 8.89. The zero-order valence-corrected chi connectivity index (χ0v) is 15.9. The highest BCUT2D eigenvalue weighted by atomic mass is 32.2. The molecule has 0 amide bonds. The fourth-order valence-corrected chi connectivity index (χ4v) is 4.14. The molecule has 0 spiro atoms. The van der Waals surface area contributed by atoms with Crippen molar-refractivity contribution in [3.63, 3.8) is 0 Å². The van der Waals surface area contributed by atoms with Gasteiger partial charge in [0, 0.05) is 19.6 Å². The van der Waals surface area contributed by atoms with Gasteiger partial charge in [0.05, 0.1) is 11.2 Å². The van der Waals surface area contributed by atoms with Gasteiger partial charge in [-0.25, -0.2) is 30.3 Å². The molecule has 138 valence electrons. The van der Waals surface area contributed by atoms with Crippen LogP contribution >= 0.6 is 0 Å². The molecule has 0 aromatic heterocycles. The second-order valence-corrected chi connectivity index (χ2v) is 9.43. The SMILES string of the molecule is CCCCCN(CCNS(=O)(=O)c1ccc(F)c(C)c1)S(C)(=O)=O. The zero-order chi connectivity index (χ0) is 18.4. The van der Waals surface area contributed by atoms with Crippen LogP contribution in [0.2, 0.25) is 0 Å². The summed E-state index contributed by atoms with van der Waals surface area (Å²) in [5.41, 5.74) is 0.232. The van der Waals surface area contributed by atoms with Crippen molar-refractivity contribution in [1.82, 2.24) is 9.03 Å². The Hall–Kier alpha value is -1.03. The van der Waals surface area contributed by atoms with Gasteiger partial charge in [0.25, 0.3) is 0 Å². The number of halogens is 1. The minimum Gasteiger partial charge on any atom is -0.213 e. The van der Waals surface area contributed by atoms with Crippen molar-refractivity contribution in [1.29, 1.82) is 0 Å². The third-order valence-corrected chi connectivity index (χ3v) is 6.33. The number of sulfonamides is 2. The third kappa shape index (κ3) is 6.46. The van der Waals surface area contributed by atoms with E-state index in [-0.39, 0.29) is 23.5 Å². The minimum absolute atomic E-state index is 0.0433. The molecule has 0 fully saturated rings. The predicted molar refractivity (Wildman–Crippen MR) is 92.3 cm³/mol. The molecular weight excluding hydrogens is 355 g/mol. The molecule has 0 aliphatic carbocycles. The first-order valence-electron chi connectivity index (χ1n) is 7.79. The fraction of sp³-hybridized carbons (Fsp3) is 0.600. The summed E-state index contributed by atoms with van der Waals surface area (Å²) < 4.78 is 64.7. The Morgan fingerprint density at radius 2 is 1.79 bits per heavy atom.